The van der Waals surface area contributed by atoms with Gasteiger partial charge in [-0.15, -0.1) is 0 Å². The molecule has 1 aliphatic heterocycles. The lowest BCUT2D eigenvalue weighted by Gasteiger charge is -2.33. The van der Waals surface area contributed by atoms with Crippen molar-refractivity contribution in [3.8, 4) is 0 Å². The van der Waals surface area contributed by atoms with Gasteiger partial charge in [-0.1, -0.05) is 0 Å². The molecule has 0 aromatic carbocycles. The third kappa shape index (κ3) is 5.62. The Hall–Kier alpha value is -0.910. The molecule has 106 valence electrons. The number of carbonyl (C=O) groups is 1. The summed E-state index contributed by atoms with van der Waals surface area (Å²) in [4.78, 5) is 13.4. The van der Waals surface area contributed by atoms with Crippen LogP contribution in [0.4, 0.5) is 13.6 Å². The predicted molar refractivity (Wildman–Crippen MR) is 64.8 cm³/mol. The van der Waals surface area contributed by atoms with Crippen molar-refractivity contribution in [3.63, 3.8) is 0 Å². The molecule has 0 bridgehead atoms. The standard InChI is InChI=1S/C12H22F2N2O2/c1-12(2,3)18-11(17)16-6-4-9(5-7-16)15-8-10(13)14/h9-10,15H,4-8H2,1-3H3. The maximum atomic E-state index is 12.0. The van der Waals surface area contributed by atoms with E-state index < -0.39 is 12.0 Å². The second kappa shape index (κ2) is 6.31. The Morgan fingerprint density at radius 3 is 2.39 bits per heavy atom. The molecule has 1 fully saturated rings. The van der Waals surface area contributed by atoms with Crippen LogP contribution in [-0.4, -0.2) is 48.7 Å². The average molecular weight is 264 g/mol. The predicted octanol–water partition coefficient (Wildman–Crippen LogP) is 2.24. The van der Waals surface area contributed by atoms with Crippen molar-refractivity contribution in [1.29, 1.82) is 0 Å². The topological polar surface area (TPSA) is 41.6 Å². The van der Waals surface area contributed by atoms with Gasteiger partial charge in [0.25, 0.3) is 6.43 Å². The zero-order valence-corrected chi connectivity index (χ0v) is 11.2. The SMILES string of the molecule is CC(C)(C)OC(=O)N1CCC(NCC(F)F)CC1. The normalized spacial score (nSPS) is 18.2. The Labute approximate surface area is 107 Å². The number of alkyl halides is 2. The number of piperidine rings is 1. The lowest BCUT2D eigenvalue weighted by molar-refractivity contribution is 0.0192. The van der Waals surface area contributed by atoms with Gasteiger partial charge in [0, 0.05) is 19.1 Å². The van der Waals surface area contributed by atoms with E-state index in [2.05, 4.69) is 5.32 Å². The van der Waals surface area contributed by atoms with Crippen LogP contribution in [0.3, 0.4) is 0 Å². The number of likely N-dealkylation sites (tertiary alicyclic amines) is 1. The summed E-state index contributed by atoms with van der Waals surface area (Å²) in [5.74, 6) is 0. The molecule has 0 aromatic rings. The van der Waals surface area contributed by atoms with E-state index in [1.54, 1.807) is 4.90 Å². The van der Waals surface area contributed by atoms with Crippen LogP contribution < -0.4 is 5.32 Å². The Morgan fingerprint density at radius 2 is 1.94 bits per heavy atom. The summed E-state index contributed by atoms with van der Waals surface area (Å²) >= 11 is 0. The van der Waals surface area contributed by atoms with Gasteiger partial charge >= 0.3 is 6.09 Å². The third-order valence-corrected chi connectivity index (χ3v) is 2.71. The first-order valence-electron chi connectivity index (χ1n) is 6.27. The van der Waals surface area contributed by atoms with Crippen LogP contribution in [0.5, 0.6) is 0 Å². The summed E-state index contributed by atoms with van der Waals surface area (Å²) in [5, 5.41) is 2.80. The van der Waals surface area contributed by atoms with Crippen molar-refractivity contribution in [3.05, 3.63) is 0 Å². The van der Waals surface area contributed by atoms with Gasteiger partial charge in [-0.2, -0.15) is 0 Å². The molecular formula is C12H22F2N2O2. The van der Waals surface area contributed by atoms with Gasteiger partial charge in [0.15, 0.2) is 0 Å². The first kappa shape index (κ1) is 15.1. The number of amides is 1. The highest BCUT2D eigenvalue weighted by atomic mass is 19.3. The van der Waals surface area contributed by atoms with Crippen molar-refractivity contribution < 1.29 is 18.3 Å². The Balaban J connectivity index is 2.28. The smallest absolute Gasteiger partial charge is 0.410 e. The van der Waals surface area contributed by atoms with Crippen LogP contribution in [-0.2, 0) is 4.74 Å². The fraction of sp³-hybridized carbons (Fsp3) is 0.917. The van der Waals surface area contributed by atoms with Crippen molar-refractivity contribution in [2.75, 3.05) is 19.6 Å². The van der Waals surface area contributed by atoms with Crippen LogP contribution in [0, 0.1) is 0 Å². The molecule has 0 atom stereocenters. The van der Waals surface area contributed by atoms with E-state index in [1.165, 1.54) is 0 Å². The van der Waals surface area contributed by atoms with Crippen LogP contribution >= 0.6 is 0 Å². The van der Waals surface area contributed by atoms with Gasteiger partial charge in [-0.05, 0) is 33.6 Å². The lowest BCUT2D eigenvalue weighted by Crippen LogP contribution is -2.47. The molecule has 1 saturated heterocycles. The minimum atomic E-state index is -2.33. The Morgan fingerprint density at radius 1 is 1.39 bits per heavy atom. The quantitative estimate of drug-likeness (QED) is 0.850. The second-order valence-corrected chi connectivity index (χ2v) is 5.54. The average Bonchev–Trinajstić information content (AvgIpc) is 2.24. The molecule has 1 amide bonds. The molecule has 0 unspecified atom stereocenters. The fourth-order valence-electron chi connectivity index (χ4n) is 1.85. The number of ether oxygens (including phenoxy) is 1. The van der Waals surface area contributed by atoms with Gasteiger partial charge in [-0.25, -0.2) is 13.6 Å². The Bertz CT molecular complexity index is 272. The minimum absolute atomic E-state index is 0.0673. The van der Waals surface area contributed by atoms with Crippen molar-refractivity contribution >= 4 is 6.09 Å². The Kier molecular flexibility index (Phi) is 5.31. The van der Waals surface area contributed by atoms with E-state index in [0.29, 0.717) is 25.9 Å². The number of hydrogen-bond donors (Lipinski definition) is 1. The van der Waals surface area contributed by atoms with Gasteiger partial charge in [0.2, 0.25) is 0 Å². The maximum Gasteiger partial charge on any atom is 0.410 e. The number of nitrogens with zero attached hydrogens (tertiary/aromatic N) is 1. The van der Waals surface area contributed by atoms with Gasteiger partial charge in [0.1, 0.15) is 5.60 Å². The van der Waals surface area contributed by atoms with Crippen molar-refractivity contribution in [2.24, 2.45) is 0 Å². The minimum Gasteiger partial charge on any atom is -0.444 e. The zero-order valence-electron chi connectivity index (χ0n) is 11.2. The van der Waals surface area contributed by atoms with E-state index in [4.69, 9.17) is 4.74 Å². The number of carbonyl (C=O) groups excluding carboxylic acids is 1. The largest absolute Gasteiger partial charge is 0.444 e. The molecule has 0 radical (unpaired) electrons. The lowest BCUT2D eigenvalue weighted by atomic mass is 10.1. The first-order valence-corrected chi connectivity index (χ1v) is 6.27. The monoisotopic (exact) mass is 264 g/mol. The molecule has 1 rings (SSSR count). The molecule has 0 aromatic heterocycles. The van der Waals surface area contributed by atoms with Gasteiger partial charge < -0.3 is 15.0 Å². The highest BCUT2D eigenvalue weighted by molar-refractivity contribution is 5.68. The highest BCUT2D eigenvalue weighted by Crippen LogP contribution is 2.15. The molecule has 1 heterocycles. The third-order valence-electron chi connectivity index (χ3n) is 2.71. The van der Waals surface area contributed by atoms with Crippen LogP contribution in [0.25, 0.3) is 0 Å². The molecule has 0 aliphatic carbocycles. The van der Waals surface area contributed by atoms with E-state index in [0.717, 1.165) is 0 Å². The molecular weight excluding hydrogens is 242 g/mol. The molecule has 1 aliphatic rings. The molecule has 0 spiro atoms. The van der Waals surface area contributed by atoms with Gasteiger partial charge in [0.05, 0.1) is 6.54 Å². The number of rotatable bonds is 3. The van der Waals surface area contributed by atoms with Crippen molar-refractivity contribution in [2.45, 2.75) is 51.7 Å². The van der Waals surface area contributed by atoms with E-state index in [9.17, 15) is 13.6 Å². The van der Waals surface area contributed by atoms with Crippen molar-refractivity contribution in [1.82, 2.24) is 10.2 Å². The number of halogens is 2. The van der Waals surface area contributed by atoms with Crippen LogP contribution in [0.2, 0.25) is 0 Å². The molecule has 0 saturated carbocycles. The second-order valence-electron chi connectivity index (χ2n) is 5.54. The highest BCUT2D eigenvalue weighted by Gasteiger charge is 2.26. The zero-order chi connectivity index (χ0) is 13.8. The first-order chi connectivity index (χ1) is 8.28. The summed E-state index contributed by atoms with van der Waals surface area (Å²) in [6.07, 6.45) is -1.28. The summed E-state index contributed by atoms with van der Waals surface area (Å²) < 4.78 is 29.3. The fourth-order valence-corrected chi connectivity index (χ4v) is 1.85. The summed E-state index contributed by atoms with van der Waals surface area (Å²) in [7, 11) is 0. The van der Waals surface area contributed by atoms with Crippen LogP contribution in [0.15, 0.2) is 0 Å². The molecule has 6 heteroatoms. The van der Waals surface area contributed by atoms with Gasteiger partial charge in [-0.3, -0.25) is 0 Å². The maximum absolute atomic E-state index is 12.0. The summed E-state index contributed by atoms with van der Waals surface area (Å²) in [6.45, 7) is 6.29. The number of hydrogen-bond acceptors (Lipinski definition) is 3. The molecule has 18 heavy (non-hydrogen) atoms. The summed E-state index contributed by atoms with van der Waals surface area (Å²) in [5.41, 5.74) is -0.498. The summed E-state index contributed by atoms with van der Waals surface area (Å²) in [6, 6.07) is 0.0673. The van der Waals surface area contributed by atoms with E-state index >= 15 is 0 Å². The van der Waals surface area contributed by atoms with Crippen LogP contribution in [0.1, 0.15) is 33.6 Å². The number of nitrogens with one attached hydrogen (secondary N) is 1. The molecule has 1 N–H and O–H groups in total. The molecule has 4 nitrogen and oxygen atoms in total. The van der Waals surface area contributed by atoms with E-state index in [-0.39, 0.29) is 18.7 Å². The van der Waals surface area contributed by atoms with E-state index in [1.807, 2.05) is 20.8 Å².